The van der Waals surface area contributed by atoms with E-state index < -0.39 is 5.97 Å². The second kappa shape index (κ2) is 6.80. The SMILES string of the molecule is COC(=O)COc1cccc(NC(=O)c2snnc2C)c1. The first-order valence-electron chi connectivity index (χ1n) is 6.00. The maximum Gasteiger partial charge on any atom is 0.343 e. The number of nitrogens with zero attached hydrogens (tertiary/aromatic N) is 2. The number of esters is 1. The Labute approximate surface area is 125 Å². The molecule has 0 saturated heterocycles. The lowest BCUT2D eigenvalue weighted by Crippen LogP contribution is -2.13. The monoisotopic (exact) mass is 307 g/mol. The third-order valence-electron chi connectivity index (χ3n) is 2.53. The molecular weight excluding hydrogens is 294 g/mol. The van der Waals surface area contributed by atoms with Gasteiger partial charge in [-0.1, -0.05) is 10.6 Å². The van der Waals surface area contributed by atoms with Crippen molar-refractivity contribution in [2.24, 2.45) is 0 Å². The van der Waals surface area contributed by atoms with Crippen LogP contribution in [0.4, 0.5) is 5.69 Å². The average Bonchev–Trinajstić information content (AvgIpc) is 2.91. The fourth-order valence-electron chi connectivity index (χ4n) is 1.49. The first-order chi connectivity index (χ1) is 10.1. The molecule has 0 saturated carbocycles. The van der Waals surface area contributed by atoms with Crippen LogP contribution in [0, 0.1) is 6.92 Å². The molecule has 0 fully saturated rings. The van der Waals surface area contributed by atoms with E-state index in [4.69, 9.17) is 4.74 Å². The summed E-state index contributed by atoms with van der Waals surface area (Å²) in [6, 6.07) is 6.72. The lowest BCUT2D eigenvalue weighted by atomic mass is 10.3. The standard InChI is InChI=1S/C13H13N3O4S/c1-8-12(21-16-15-8)13(18)14-9-4-3-5-10(6-9)20-7-11(17)19-2/h3-6H,7H2,1-2H3,(H,14,18). The highest BCUT2D eigenvalue weighted by atomic mass is 32.1. The van der Waals surface area contributed by atoms with E-state index in [0.29, 0.717) is 22.0 Å². The van der Waals surface area contributed by atoms with E-state index in [0.717, 1.165) is 11.5 Å². The Morgan fingerprint density at radius 1 is 1.38 bits per heavy atom. The highest BCUT2D eigenvalue weighted by Gasteiger charge is 2.13. The highest BCUT2D eigenvalue weighted by molar-refractivity contribution is 7.08. The lowest BCUT2D eigenvalue weighted by Gasteiger charge is -2.08. The number of carbonyl (C=O) groups is 2. The van der Waals surface area contributed by atoms with Gasteiger partial charge in [0.2, 0.25) is 0 Å². The van der Waals surface area contributed by atoms with Crippen LogP contribution in [0.15, 0.2) is 24.3 Å². The van der Waals surface area contributed by atoms with Crippen molar-refractivity contribution >= 4 is 29.1 Å². The van der Waals surface area contributed by atoms with Gasteiger partial charge in [-0.05, 0) is 30.6 Å². The van der Waals surface area contributed by atoms with Crippen LogP contribution in [-0.4, -0.2) is 35.2 Å². The third-order valence-corrected chi connectivity index (χ3v) is 3.36. The molecule has 0 bridgehead atoms. The molecule has 0 unspecified atom stereocenters. The number of amides is 1. The summed E-state index contributed by atoms with van der Waals surface area (Å²) in [5.74, 6) is -0.305. The zero-order chi connectivity index (χ0) is 15.2. The molecule has 1 N–H and O–H groups in total. The number of carbonyl (C=O) groups excluding carboxylic acids is 2. The lowest BCUT2D eigenvalue weighted by molar-refractivity contribution is -0.142. The number of rotatable bonds is 5. The normalized spacial score (nSPS) is 10.0. The predicted molar refractivity (Wildman–Crippen MR) is 76.6 cm³/mol. The zero-order valence-corrected chi connectivity index (χ0v) is 12.3. The molecule has 0 aliphatic carbocycles. The van der Waals surface area contributed by atoms with Gasteiger partial charge in [0.1, 0.15) is 10.6 Å². The molecule has 1 aromatic carbocycles. The summed E-state index contributed by atoms with van der Waals surface area (Å²) < 4.78 is 13.4. The van der Waals surface area contributed by atoms with Gasteiger partial charge in [0, 0.05) is 11.8 Å². The summed E-state index contributed by atoms with van der Waals surface area (Å²) in [4.78, 5) is 23.5. The number of benzene rings is 1. The van der Waals surface area contributed by atoms with Gasteiger partial charge in [0.25, 0.3) is 5.91 Å². The van der Waals surface area contributed by atoms with Crippen molar-refractivity contribution < 1.29 is 19.1 Å². The van der Waals surface area contributed by atoms with E-state index in [2.05, 4.69) is 19.6 Å². The van der Waals surface area contributed by atoms with Crippen molar-refractivity contribution in [2.75, 3.05) is 19.0 Å². The van der Waals surface area contributed by atoms with E-state index >= 15 is 0 Å². The van der Waals surface area contributed by atoms with Crippen LogP contribution in [0.1, 0.15) is 15.4 Å². The highest BCUT2D eigenvalue weighted by Crippen LogP contribution is 2.19. The number of hydrogen-bond acceptors (Lipinski definition) is 7. The summed E-state index contributed by atoms with van der Waals surface area (Å²) in [5.41, 5.74) is 1.13. The van der Waals surface area contributed by atoms with Crippen molar-refractivity contribution in [1.82, 2.24) is 9.59 Å². The largest absolute Gasteiger partial charge is 0.482 e. The predicted octanol–water partition coefficient (Wildman–Crippen LogP) is 1.65. The molecule has 1 amide bonds. The van der Waals surface area contributed by atoms with Crippen LogP contribution >= 0.6 is 11.5 Å². The van der Waals surface area contributed by atoms with Crippen LogP contribution in [-0.2, 0) is 9.53 Å². The Kier molecular flexibility index (Phi) is 4.83. The molecule has 1 aromatic heterocycles. The van der Waals surface area contributed by atoms with Crippen molar-refractivity contribution in [3.8, 4) is 5.75 Å². The van der Waals surface area contributed by atoms with Crippen molar-refractivity contribution in [2.45, 2.75) is 6.92 Å². The van der Waals surface area contributed by atoms with Crippen molar-refractivity contribution in [3.63, 3.8) is 0 Å². The molecule has 2 aromatic rings. The minimum Gasteiger partial charge on any atom is -0.482 e. The van der Waals surface area contributed by atoms with E-state index in [9.17, 15) is 9.59 Å². The molecule has 0 radical (unpaired) electrons. The number of aromatic nitrogens is 2. The van der Waals surface area contributed by atoms with Crippen molar-refractivity contribution in [1.29, 1.82) is 0 Å². The summed E-state index contributed by atoms with van der Waals surface area (Å²) in [5, 5.41) is 6.51. The molecule has 0 aliphatic heterocycles. The number of aryl methyl sites for hydroxylation is 1. The van der Waals surface area contributed by atoms with E-state index in [1.165, 1.54) is 7.11 Å². The third kappa shape index (κ3) is 3.99. The minimum absolute atomic E-state index is 0.189. The fraction of sp³-hybridized carbons (Fsp3) is 0.231. The molecule has 2 rings (SSSR count). The summed E-state index contributed by atoms with van der Waals surface area (Å²) in [6.07, 6.45) is 0. The maximum absolute atomic E-state index is 12.0. The van der Waals surface area contributed by atoms with Gasteiger partial charge in [0.05, 0.1) is 12.8 Å². The Morgan fingerprint density at radius 3 is 2.86 bits per heavy atom. The smallest absolute Gasteiger partial charge is 0.343 e. The van der Waals surface area contributed by atoms with Gasteiger partial charge >= 0.3 is 5.97 Å². The van der Waals surface area contributed by atoms with E-state index in [1.54, 1.807) is 31.2 Å². The van der Waals surface area contributed by atoms with Crippen LogP contribution in [0.2, 0.25) is 0 Å². The second-order valence-electron chi connectivity index (χ2n) is 4.03. The molecule has 21 heavy (non-hydrogen) atoms. The van der Waals surface area contributed by atoms with Crippen LogP contribution in [0.3, 0.4) is 0 Å². The quantitative estimate of drug-likeness (QED) is 0.845. The van der Waals surface area contributed by atoms with Gasteiger partial charge in [-0.2, -0.15) is 0 Å². The Hall–Kier alpha value is -2.48. The molecule has 0 aliphatic rings. The minimum atomic E-state index is -0.476. The molecule has 7 nitrogen and oxygen atoms in total. The summed E-state index contributed by atoms with van der Waals surface area (Å²) in [6.45, 7) is 1.53. The first kappa shape index (κ1) is 14.9. The average molecular weight is 307 g/mol. The summed E-state index contributed by atoms with van der Waals surface area (Å²) >= 11 is 1.03. The van der Waals surface area contributed by atoms with E-state index in [1.807, 2.05) is 0 Å². The van der Waals surface area contributed by atoms with Crippen LogP contribution in [0.25, 0.3) is 0 Å². The van der Waals surface area contributed by atoms with Gasteiger partial charge in [0.15, 0.2) is 6.61 Å². The second-order valence-corrected chi connectivity index (χ2v) is 4.79. The van der Waals surface area contributed by atoms with E-state index in [-0.39, 0.29) is 12.5 Å². The maximum atomic E-state index is 12.0. The number of anilines is 1. The molecule has 110 valence electrons. The number of ether oxygens (including phenoxy) is 2. The number of methoxy groups -OCH3 is 1. The zero-order valence-electron chi connectivity index (χ0n) is 11.5. The Morgan fingerprint density at radius 2 is 2.19 bits per heavy atom. The molecule has 0 spiro atoms. The van der Waals surface area contributed by atoms with Crippen molar-refractivity contribution in [3.05, 3.63) is 34.8 Å². The molecule has 1 heterocycles. The topological polar surface area (TPSA) is 90.4 Å². The fourth-order valence-corrected chi connectivity index (χ4v) is 2.04. The van der Waals surface area contributed by atoms with Crippen LogP contribution in [0.5, 0.6) is 5.75 Å². The molecular formula is C13H13N3O4S. The number of nitrogens with one attached hydrogen (secondary N) is 1. The van der Waals surface area contributed by atoms with Crippen LogP contribution < -0.4 is 10.1 Å². The number of hydrogen-bond donors (Lipinski definition) is 1. The summed E-state index contributed by atoms with van der Waals surface area (Å²) in [7, 11) is 1.29. The van der Waals surface area contributed by atoms with Gasteiger partial charge in [-0.3, -0.25) is 4.79 Å². The molecule has 8 heteroatoms. The van der Waals surface area contributed by atoms with Gasteiger partial charge in [-0.25, -0.2) is 4.79 Å². The van der Waals surface area contributed by atoms with Gasteiger partial charge in [-0.15, -0.1) is 5.10 Å². The molecule has 0 atom stereocenters. The Balaban J connectivity index is 2.02. The van der Waals surface area contributed by atoms with Gasteiger partial charge < -0.3 is 14.8 Å². The Bertz CT molecular complexity index is 656. The first-order valence-corrected chi connectivity index (χ1v) is 6.77.